The number of hydrogen-bond acceptors (Lipinski definition) is 4. The van der Waals surface area contributed by atoms with Crippen molar-refractivity contribution in [1.29, 1.82) is 0 Å². The maximum absolute atomic E-state index is 13.0. The maximum Gasteiger partial charge on any atom is 0.241 e. The quantitative estimate of drug-likeness (QED) is 0.748. The fraction of sp³-hybridized carbons (Fsp3) is 0.391. The van der Waals surface area contributed by atoms with Crippen LogP contribution < -0.4 is 16.2 Å². The molecule has 2 aromatic rings. The van der Waals surface area contributed by atoms with Gasteiger partial charge in [-0.25, -0.2) is 10.9 Å². The highest BCUT2D eigenvalue weighted by molar-refractivity contribution is 5.93. The van der Waals surface area contributed by atoms with E-state index in [9.17, 15) is 9.59 Å². The molecule has 0 radical (unpaired) electrons. The third kappa shape index (κ3) is 4.66. The number of carbonyl (C=O) groups excluding carboxylic acids is 2. The van der Waals surface area contributed by atoms with E-state index in [-0.39, 0.29) is 29.8 Å². The van der Waals surface area contributed by atoms with Crippen molar-refractivity contribution >= 4 is 17.5 Å². The number of hydrazine groups is 1. The average Bonchev–Trinajstić information content (AvgIpc) is 3.25. The van der Waals surface area contributed by atoms with Crippen molar-refractivity contribution in [2.24, 2.45) is 5.92 Å². The van der Waals surface area contributed by atoms with Crippen LogP contribution in [0.1, 0.15) is 36.4 Å². The summed E-state index contributed by atoms with van der Waals surface area (Å²) in [5.74, 6) is -0.108. The SMILES string of the molecule is Cc1ccc(C2CC(C(=O)N3CCCC(C(=O)Nc4ccccc4)C3)NN2)cc1. The molecule has 29 heavy (non-hydrogen) atoms. The van der Waals surface area contributed by atoms with Crippen molar-refractivity contribution in [3.05, 3.63) is 65.7 Å². The van der Waals surface area contributed by atoms with Crippen molar-refractivity contribution in [1.82, 2.24) is 15.8 Å². The Morgan fingerprint density at radius 3 is 2.55 bits per heavy atom. The number of rotatable bonds is 4. The van der Waals surface area contributed by atoms with E-state index in [1.165, 1.54) is 11.1 Å². The lowest BCUT2D eigenvalue weighted by Gasteiger charge is -2.33. The van der Waals surface area contributed by atoms with E-state index in [4.69, 9.17) is 0 Å². The molecular formula is C23H28N4O2. The largest absolute Gasteiger partial charge is 0.341 e. The second-order valence-electron chi connectivity index (χ2n) is 8.02. The van der Waals surface area contributed by atoms with E-state index >= 15 is 0 Å². The maximum atomic E-state index is 13.0. The van der Waals surface area contributed by atoms with E-state index in [0.29, 0.717) is 19.5 Å². The fourth-order valence-electron chi connectivity index (χ4n) is 4.11. The molecule has 0 aliphatic carbocycles. The van der Waals surface area contributed by atoms with Gasteiger partial charge < -0.3 is 10.2 Å². The van der Waals surface area contributed by atoms with Crippen molar-refractivity contribution in [3.63, 3.8) is 0 Å². The minimum Gasteiger partial charge on any atom is -0.341 e. The Hall–Kier alpha value is -2.70. The Bertz CT molecular complexity index is 853. The summed E-state index contributed by atoms with van der Waals surface area (Å²) in [5, 5.41) is 2.97. The summed E-state index contributed by atoms with van der Waals surface area (Å²) >= 11 is 0. The molecule has 3 N–H and O–H groups in total. The minimum absolute atomic E-state index is 0.0104. The number of piperidine rings is 1. The molecule has 3 atom stereocenters. The number of anilines is 1. The lowest BCUT2D eigenvalue weighted by molar-refractivity contribution is -0.136. The van der Waals surface area contributed by atoms with Gasteiger partial charge in [0.1, 0.15) is 6.04 Å². The molecular weight excluding hydrogens is 364 g/mol. The third-order valence-electron chi connectivity index (χ3n) is 5.83. The van der Waals surface area contributed by atoms with Crippen LogP contribution >= 0.6 is 0 Å². The highest BCUT2D eigenvalue weighted by Crippen LogP contribution is 2.25. The van der Waals surface area contributed by atoms with Gasteiger partial charge in [-0.2, -0.15) is 0 Å². The van der Waals surface area contributed by atoms with Crippen LogP contribution in [0, 0.1) is 12.8 Å². The predicted octanol–water partition coefficient (Wildman–Crippen LogP) is 2.78. The zero-order chi connectivity index (χ0) is 20.2. The molecule has 0 bridgehead atoms. The first-order valence-electron chi connectivity index (χ1n) is 10.3. The number of nitrogens with one attached hydrogen (secondary N) is 3. The molecule has 2 aromatic carbocycles. The molecule has 2 aliphatic heterocycles. The van der Waals surface area contributed by atoms with Gasteiger partial charge >= 0.3 is 0 Å². The monoisotopic (exact) mass is 392 g/mol. The number of carbonyl (C=O) groups is 2. The molecule has 0 spiro atoms. The Morgan fingerprint density at radius 2 is 1.79 bits per heavy atom. The molecule has 6 heteroatoms. The normalized spacial score (nSPS) is 24.3. The van der Waals surface area contributed by atoms with Crippen LogP contribution in [0.5, 0.6) is 0 Å². The van der Waals surface area contributed by atoms with Crippen LogP contribution in [-0.4, -0.2) is 35.8 Å². The predicted molar refractivity (Wildman–Crippen MR) is 113 cm³/mol. The highest BCUT2D eigenvalue weighted by atomic mass is 16.2. The van der Waals surface area contributed by atoms with Crippen molar-refractivity contribution < 1.29 is 9.59 Å². The Kier molecular flexibility index (Phi) is 5.92. The Labute approximate surface area is 171 Å². The first-order chi connectivity index (χ1) is 14.1. The van der Waals surface area contributed by atoms with Crippen LogP contribution in [0.3, 0.4) is 0 Å². The van der Waals surface area contributed by atoms with Crippen molar-refractivity contribution in [2.75, 3.05) is 18.4 Å². The fourth-order valence-corrected chi connectivity index (χ4v) is 4.11. The zero-order valence-electron chi connectivity index (χ0n) is 16.7. The van der Waals surface area contributed by atoms with E-state index < -0.39 is 0 Å². The lowest BCUT2D eigenvalue weighted by atomic mass is 9.95. The van der Waals surface area contributed by atoms with E-state index in [1.54, 1.807) is 0 Å². The van der Waals surface area contributed by atoms with Gasteiger partial charge in [-0.05, 0) is 43.9 Å². The molecule has 0 aromatic heterocycles. The number of hydrogen-bond donors (Lipinski definition) is 3. The van der Waals surface area contributed by atoms with Crippen molar-refractivity contribution in [3.8, 4) is 0 Å². The third-order valence-corrected chi connectivity index (χ3v) is 5.83. The van der Waals surface area contributed by atoms with Crippen LogP contribution in [0.15, 0.2) is 54.6 Å². The van der Waals surface area contributed by atoms with Gasteiger partial charge in [0.2, 0.25) is 11.8 Å². The summed E-state index contributed by atoms with van der Waals surface area (Å²) in [6.07, 6.45) is 2.37. The second kappa shape index (κ2) is 8.76. The summed E-state index contributed by atoms with van der Waals surface area (Å²) in [4.78, 5) is 27.5. The van der Waals surface area contributed by atoms with Crippen molar-refractivity contribution in [2.45, 2.75) is 38.3 Å². The highest BCUT2D eigenvalue weighted by Gasteiger charge is 2.36. The van der Waals surface area contributed by atoms with Gasteiger partial charge in [-0.3, -0.25) is 9.59 Å². The molecule has 2 amide bonds. The van der Waals surface area contributed by atoms with Gasteiger partial charge in [0.15, 0.2) is 0 Å². The number of aryl methyl sites for hydroxylation is 1. The molecule has 2 saturated heterocycles. The van der Waals surface area contributed by atoms with Crippen LogP contribution in [0.4, 0.5) is 5.69 Å². The van der Waals surface area contributed by atoms with E-state index in [0.717, 1.165) is 18.5 Å². The average molecular weight is 393 g/mol. The van der Waals surface area contributed by atoms with Gasteiger partial charge in [-0.15, -0.1) is 0 Å². The van der Waals surface area contributed by atoms with Gasteiger partial charge in [0.05, 0.1) is 5.92 Å². The minimum atomic E-state index is -0.266. The lowest BCUT2D eigenvalue weighted by Crippen LogP contribution is -2.50. The van der Waals surface area contributed by atoms with Gasteiger partial charge in [0, 0.05) is 24.8 Å². The Balaban J connectivity index is 1.34. The van der Waals surface area contributed by atoms with Gasteiger partial charge in [0.25, 0.3) is 0 Å². The van der Waals surface area contributed by atoms with Crippen LogP contribution in [0.25, 0.3) is 0 Å². The standard InChI is InChI=1S/C23H28N4O2/c1-16-9-11-17(12-10-16)20-14-21(26-25-20)23(29)27-13-5-6-18(15-27)22(28)24-19-7-3-2-4-8-19/h2-4,7-12,18,20-21,25-26H,5-6,13-15H2,1H3,(H,24,28). The Morgan fingerprint density at radius 1 is 1.03 bits per heavy atom. The number of amides is 2. The second-order valence-corrected chi connectivity index (χ2v) is 8.02. The summed E-state index contributed by atoms with van der Waals surface area (Å²) < 4.78 is 0. The van der Waals surface area contributed by atoms with Crippen LogP contribution in [-0.2, 0) is 9.59 Å². The first-order valence-corrected chi connectivity index (χ1v) is 10.3. The molecule has 0 saturated carbocycles. The molecule has 2 aliphatic rings. The molecule has 3 unspecified atom stereocenters. The summed E-state index contributed by atoms with van der Waals surface area (Å²) in [6, 6.07) is 17.7. The summed E-state index contributed by atoms with van der Waals surface area (Å²) in [6.45, 7) is 3.25. The summed E-state index contributed by atoms with van der Waals surface area (Å²) in [7, 11) is 0. The first kappa shape index (κ1) is 19.6. The zero-order valence-corrected chi connectivity index (χ0v) is 16.7. The van der Waals surface area contributed by atoms with Crippen LogP contribution in [0.2, 0.25) is 0 Å². The topological polar surface area (TPSA) is 73.5 Å². The molecule has 4 rings (SSSR count). The molecule has 2 fully saturated rings. The van der Waals surface area contributed by atoms with E-state index in [2.05, 4.69) is 47.4 Å². The van der Waals surface area contributed by atoms with E-state index in [1.807, 2.05) is 35.2 Å². The smallest absolute Gasteiger partial charge is 0.241 e. The molecule has 6 nitrogen and oxygen atoms in total. The molecule has 152 valence electrons. The van der Waals surface area contributed by atoms with Gasteiger partial charge in [-0.1, -0.05) is 48.0 Å². The number of benzene rings is 2. The number of likely N-dealkylation sites (tertiary alicyclic amines) is 1. The number of para-hydroxylation sites is 1. The number of nitrogens with zero attached hydrogens (tertiary/aromatic N) is 1. The summed E-state index contributed by atoms with van der Waals surface area (Å²) in [5.41, 5.74) is 9.61. The molecule has 2 heterocycles.